The number of rotatable bonds is 4. The van der Waals surface area contributed by atoms with Crippen LogP contribution in [-0.2, 0) is 9.53 Å². The van der Waals surface area contributed by atoms with E-state index in [1.807, 2.05) is 18.7 Å². The average molecular weight is 214 g/mol. The Hall–Kier alpha value is -0.610. The van der Waals surface area contributed by atoms with Crippen LogP contribution in [0.3, 0.4) is 0 Å². The number of likely N-dealkylation sites (tertiary alicyclic amines) is 1. The highest BCUT2D eigenvalue weighted by Gasteiger charge is 2.30. The molecule has 1 saturated heterocycles. The van der Waals surface area contributed by atoms with Crippen molar-refractivity contribution in [1.82, 2.24) is 4.90 Å². The first kappa shape index (κ1) is 12.5. The molecule has 1 amide bonds. The number of hydrogen-bond acceptors (Lipinski definition) is 3. The summed E-state index contributed by atoms with van der Waals surface area (Å²) in [7, 11) is 1.70. The smallest absolute Gasteiger partial charge is 0.239 e. The van der Waals surface area contributed by atoms with Gasteiger partial charge in [0, 0.05) is 26.1 Å². The molecule has 2 atom stereocenters. The SMILES string of the molecule is COC[C@@H]1CCN(C(=O)[C@@H](N)C(C)C)C1. The van der Waals surface area contributed by atoms with E-state index in [9.17, 15) is 4.79 Å². The standard InChI is InChI=1S/C11H22N2O2/c1-8(2)10(12)11(14)13-5-4-9(6-13)7-15-3/h8-10H,4-7,12H2,1-3H3/t9-,10+/m1/s1. The first-order valence-corrected chi connectivity index (χ1v) is 5.59. The Morgan fingerprint density at radius 3 is 2.80 bits per heavy atom. The summed E-state index contributed by atoms with van der Waals surface area (Å²) in [5, 5.41) is 0. The van der Waals surface area contributed by atoms with Gasteiger partial charge >= 0.3 is 0 Å². The van der Waals surface area contributed by atoms with E-state index in [0.717, 1.165) is 26.1 Å². The van der Waals surface area contributed by atoms with Gasteiger partial charge < -0.3 is 15.4 Å². The van der Waals surface area contributed by atoms with Crippen LogP contribution in [0.4, 0.5) is 0 Å². The third-order valence-electron chi connectivity index (χ3n) is 3.00. The summed E-state index contributed by atoms with van der Waals surface area (Å²) in [6.07, 6.45) is 1.03. The van der Waals surface area contributed by atoms with Gasteiger partial charge in [0.15, 0.2) is 0 Å². The fourth-order valence-corrected chi connectivity index (χ4v) is 1.90. The van der Waals surface area contributed by atoms with Crippen LogP contribution in [0.15, 0.2) is 0 Å². The van der Waals surface area contributed by atoms with Crippen molar-refractivity contribution in [1.29, 1.82) is 0 Å². The molecule has 1 fully saturated rings. The lowest BCUT2D eigenvalue weighted by Gasteiger charge is -2.23. The zero-order chi connectivity index (χ0) is 11.4. The summed E-state index contributed by atoms with van der Waals surface area (Å²) >= 11 is 0. The van der Waals surface area contributed by atoms with Gasteiger partial charge in [-0.1, -0.05) is 13.8 Å². The number of nitrogens with two attached hydrogens (primary N) is 1. The van der Waals surface area contributed by atoms with Crippen molar-refractivity contribution in [2.75, 3.05) is 26.8 Å². The van der Waals surface area contributed by atoms with Crippen molar-refractivity contribution in [3.8, 4) is 0 Å². The first-order valence-electron chi connectivity index (χ1n) is 5.59. The van der Waals surface area contributed by atoms with Crippen LogP contribution in [0.5, 0.6) is 0 Å². The fourth-order valence-electron chi connectivity index (χ4n) is 1.90. The van der Waals surface area contributed by atoms with Crippen molar-refractivity contribution < 1.29 is 9.53 Å². The van der Waals surface area contributed by atoms with Crippen LogP contribution in [0.2, 0.25) is 0 Å². The summed E-state index contributed by atoms with van der Waals surface area (Å²) in [4.78, 5) is 13.8. The molecular formula is C11H22N2O2. The van der Waals surface area contributed by atoms with E-state index in [0.29, 0.717) is 5.92 Å². The fraction of sp³-hybridized carbons (Fsp3) is 0.909. The van der Waals surface area contributed by atoms with Crippen LogP contribution in [0.1, 0.15) is 20.3 Å². The second kappa shape index (κ2) is 5.47. The van der Waals surface area contributed by atoms with Gasteiger partial charge in [0.1, 0.15) is 0 Å². The molecule has 0 aromatic heterocycles. The largest absolute Gasteiger partial charge is 0.384 e. The monoisotopic (exact) mass is 214 g/mol. The van der Waals surface area contributed by atoms with E-state index < -0.39 is 0 Å². The molecule has 2 N–H and O–H groups in total. The Morgan fingerprint density at radius 1 is 1.60 bits per heavy atom. The zero-order valence-corrected chi connectivity index (χ0v) is 9.90. The van der Waals surface area contributed by atoms with Crippen molar-refractivity contribution in [3.05, 3.63) is 0 Å². The highest BCUT2D eigenvalue weighted by Crippen LogP contribution is 2.18. The van der Waals surface area contributed by atoms with Crippen LogP contribution in [-0.4, -0.2) is 43.7 Å². The zero-order valence-electron chi connectivity index (χ0n) is 9.90. The summed E-state index contributed by atoms with van der Waals surface area (Å²) in [5.74, 6) is 0.779. The number of ether oxygens (including phenoxy) is 1. The van der Waals surface area contributed by atoms with Gasteiger partial charge in [0.2, 0.25) is 5.91 Å². The van der Waals surface area contributed by atoms with Gasteiger partial charge in [-0.05, 0) is 12.3 Å². The Bertz CT molecular complexity index is 219. The molecule has 1 aliphatic heterocycles. The predicted molar refractivity (Wildman–Crippen MR) is 59.4 cm³/mol. The molecule has 4 nitrogen and oxygen atoms in total. The van der Waals surface area contributed by atoms with E-state index in [1.165, 1.54) is 0 Å². The Kier molecular flexibility index (Phi) is 4.54. The first-order chi connectivity index (χ1) is 7.06. The van der Waals surface area contributed by atoms with Gasteiger partial charge in [0.25, 0.3) is 0 Å². The number of carbonyl (C=O) groups excluding carboxylic acids is 1. The Balaban J connectivity index is 2.43. The molecular weight excluding hydrogens is 192 g/mol. The van der Waals surface area contributed by atoms with Crippen molar-refractivity contribution in [2.24, 2.45) is 17.6 Å². The number of hydrogen-bond donors (Lipinski definition) is 1. The van der Waals surface area contributed by atoms with E-state index in [-0.39, 0.29) is 17.9 Å². The van der Waals surface area contributed by atoms with E-state index in [2.05, 4.69) is 0 Å². The van der Waals surface area contributed by atoms with Crippen molar-refractivity contribution >= 4 is 5.91 Å². The maximum atomic E-state index is 11.9. The number of nitrogens with zero attached hydrogens (tertiary/aromatic N) is 1. The van der Waals surface area contributed by atoms with Crippen LogP contribution >= 0.6 is 0 Å². The molecule has 4 heteroatoms. The summed E-state index contributed by atoms with van der Waals surface area (Å²) in [6, 6.07) is -0.355. The third kappa shape index (κ3) is 3.18. The lowest BCUT2D eigenvalue weighted by molar-refractivity contribution is -0.132. The van der Waals surface area contributed by atoms with E-state index in [1.54, 1.807) is 7.11 Å². The molecule has 0 spiro atoms. The molecule has 1 heterocycles. The van der Waals surface area contributed by atoms with Gasteiger partial charge in [-0.2, -0.15) is 0 Å². The lowest BCUT2D eigenvalue weighted by Crippen LogP contribution is -2.45. The molecule has 0 aliphatic carbocycles. The molecule has 1 rings (SSSR count). The second-order valence-electron chi connectivity index (χ2n) is 4.66. The van der Waals surface area contributed by atoms with E-state index >= 15 is 0 Å². The molecule has 0 bridgehead atoms. The van der Waals surface area contributed by atoms with Crippen LogP contribution in [0, 0.1) is 11.8 Å². The highest BCUT2D eigenvalue weighted by atomic mass is 16.5. The van der Waals surface area contributed by atoms with Crippen molar-refractivity contribution in [3.63, 3.8) is 0 Å². The van der Waals surface area contributed by atoms with Gasteiger partial charge in [0.05, 0.1) is 12.6 Å². The molecule has 0 aromatic carbocycles. The topological polar surface area (TPSA) is 55.6 Å². The maximum Gasteiger partial charge on any atom is 0.239 e. The Labute approximate surface area is 91.8 Å². The average Bonchev–Trinajstić information content (AvgIpc) is 2.64. The summed E-state index contributed by atoms with van der Waals surface area (Å²) in [5.41, 5.74) is 5.84. The van der Waals surface area contributed by atoms with Gasteiger partial charge in [-0.3, -0.25) is 4.79 Å². The van der Waals surface area contributed by atoms with Crippen LogP contribution < -0.4 is 5.73 Å². The second-order valence-corrected chi connectivity index (χ2v) is 4.66. The number of amides is 1. The number of methoxy groups -OCH3 is 1. The lowest BCUT2D eigenvalue weighted by atomic mass is 10.0. The van der Waals surface area contributed by atoms with Crippen LogP contribution in [0.25, 0.3) is 0 Å². The quantitative estimate of drug-likeness (QED) is 0.740. The maximum absolute atomic E-state index is 11.9. The minimum Gasteiger partial charge on any atom is -0.384 e. The third-order valence-corrected chi connectivity index (χ3v) is 3.00. The predicted octanol–water partition coefficient (Wildman–Crippen LogP) is 0.465. The molecule has 88 valence electrons. The number of carbonyl (C=O) groups is 1. The molecule has 1 aliphatic rings. The van der Waals surface area contributed by atoms with Gasteiger partial charge in [-0.25, -0.2) is 0 Å². The Morgan fingerprint density at radius 2 is 2.27 bits per heavy atom. The molecule has 15 heavy (non-hydrogen) atoms. The minimum atomic E-state index is -0.355. The normalized spacial score (nSPS) is 23.5. The molecule has 0 radical (unpaired) electrons. The minimum absolute atomic E-state index is 0.0867. The van der Waals surface area contributed by atoms with E-state index in [4.69, 9.17) is 10.5 Å². The van der Waals surface area contributed by atoms with Gasteiger partial charge in [-0.15, -0.1) is 0 Å². The molecule has 0 unspecified atom stereocenters. The molecule has 0 aromatic rings. The summed E-state index contributed by atoms with van der Waals surface area (Å²) in [6.45, 7) is 6.32. The molecule has 0 saturated carbocycles. The highest BCUT2D eigenvalue weighted by molar-refractivity contribution is 5.82. The van der Waals surface area contributed by atoms with Crippen molar-refractivity contribution in [2.45, 2.75) is 26.3 Å². The summed E-state index contributed by atoms with van der Waals surface area (Å²) < 4.78 is 5.09.